The predicted molar refractivity (Wildman–Crippen MR) is 177 cm³/mol. The highest BCUT2D eigenvalue weighted by atomic mass is 16.5. The maximum atomic E-state index is 13.9. The summed E-state index contributed by atoms with van der Waals surface area (Å²) in [6.07, 6.45) is 5.54. The Balaban J connectivity index is 1.73. The molecule has 0 radical (unpaired) electrons. The molecule has 1 N–H and O–H groups in total. The Hall–Kier alpha value is -3.20. The second kappa shape index (κ2) is 16.4. The van der Waals surface area contributed by atoms with Crippen molar-refractivity contribution in [2.45, 2.75) is 124 Å². The van der Waals surface area contributed by atoms with Crippen molar-refractivity contribution >= 4 is 23.7 Å². The van der Waals surface area contributed by atoms with Crippen molar-refractivity contribution in [2.75, 3.05) is 20.1 Å². The molecule has 2 aliphatic heterocycles. The Morgan fingerprint density at radius 3 is 2.13 bits per heavy atom. The number of carbonyl (C=O) groups is 4. The van der Waals surface area contributed by atoms with Gasteiger partial charge >= 0.3 is 5.97 Å². The number of likely N-dealkylation sites (N-methyl/N-ethyl adjacent to an activating group) is 1. The van der Waals surface area contributed by atoms with E-state index in [2.05, 4.69) is 24.1 Å². The van der Waals surface area contributed by atoms with Crippen LogP contribution in [0.4, 0.5) is 0 Å². The van der Waals surface area contributed by atoms with Gasteiger partial charge in [-0.2, -0.15) is 0 Å². The number of nitrogens with one attached hydrogen (secondary N) is 1. The predicted octanol–water partition coefficient (Wildman–Crippen LogP) is 5.11. The largest absolute Gasteiger partial charge is 0.456 e. The Morgan fingerprint density at radius 2 is 1.53 bits per heavy atom. The van der Waals surface area contributed by atoms with Crippen molar-refractivity contribution < 1.29 is 23.9 Å². The molecule has 3 rings (SSSR count). The molecule has 0 aromatic heterocycles. The number of carbonyl (C=O) groups excluding carboxylic acids is 4. The standard InChI is InChI=1S/C36H56N4O5/c1-23(2)31(38(9)35(43)32(24(3)4)37-33(41)29-18-13-14-20-39(29)25(5)6)22-26(7)34(42)40-21-15-19-30(40)36(44)45-27(8)28-16-11-10-12-17-28/h10-12,16-17,22-25,27,29-32H,13-15,18-21H2,1-9H3,(H,37,41)/b26-22+/t27-,29+,30-,31+,32?/m0/s1. The van der Waals surface area contributed by atoms with Gasteiger partial charge in [0.25, 0.3) is 0 Å². The highest BCUT2D eigenvalue weighted by Crippen LogP contribution is 2.26. The number of piperidine rings is 1. The zero-order valence-corrected chi connectivity index (χ0v) is 28.9. The van der Waals surface area contributed by atoms with Crippen molar-refractivity contribution in [1.29, 1.82) is 0 Å². The van der Waals surface area contributed by atoms with Gasteiger partial charge in [-0.25, -0.2) is 4.79 Å². The molecule has 1 aromatic rings. The Bertz CT molecular complexity index is 1200. The maximum Gasteiger partial charge on any atom is 0.329 e. The van der Waals surface area contributed by atoms with Crippen molar-refractivity contribution in [3.8, 4) is 0 Å². The molecule has 1 aromatic carbocycles. The molecule has 250 valence electrons. The van der Waals surface area contributed by atoms with Crippen LogP contribution >= 0.6 is 0 Å². The van der Waals surface area contributed by atoms with E-state index in [0.29, 0.717) is 18.5 Å². The van der Waals surface area contributed by atoms with Gasteiger partial charge in [-0.3, -0.25) is 19.3 Å². The molecule has 1 unspecified atom stereocenters. The molecule has 2 heterocycles. The molecule has 45 heavy (non-hydrogen) atoms. The third-order valence-electron chi connectivity index (χ3n) is 9.32. The van der Waals surface area contributed by atoms with Crippen LogP contribution in [0.15, 0.2) is 42.0 Å². The van der Waals surface area contributed by atoms with Crippen LogP contribution in [0, 0.1) is 11.8 Å². The number of esters is 1. The number of hydrogen-bond donors (Lipinski definition) is 1. The summed E-state index contributed by atoms with van der Waals surface area (Å²) in [6, 6.07) is 7.84. The summed E-state index contributed by atoms with van der Waals surface area (Å²) in [5, 5.41) is 3.09. The number of nitrogens with zero attached hydrogens (tertiary/aromatic N) is 3. The third-order valence-corrected chi connectivity index (χ3v) is 9.32. The van der Waals surface area contributed by atoms with Crippen molar-refractivity contribution in [3.63, 3.8) is 0 Å². The van der Waals surface area contributed by atoms with E-state index in [1.165, 1.54) is 0 Å². The number of amides is 3. The van der Waals surface area contributed by atoms with Gasteiger partial charge in [0, 0.05) is 25.2 Å². The molecule has 2 aliphatic rings. The van der Waals surface area contributed by atoms with E-state index in [-0.39, 0.29) is 47.7 Å². The van der Waals surface area contributed by atoms with Crippen LogP contribution in [0.25, 0.3) is 0 Å². The lowest BCUT2D eigenvalue weighted by atomic mass is 9.95. The second-order valence-electron chi connectivity index (χ2n) is 13.8. The number of ether oxygens (including phenoxy) is 1. The summed E-state index contributed by atoms with van der Waals surface area (Å²) in [5.74, 6) is -1.02. The number of likely N-dealkylation sites (tertiary alicyclic amines) is 2. The van der Waals surface area contributed by atoms with E-state index in [9.17, 15) is 19.2 Å². The second-order valence-corrected chi connectivity index (χ2v) is 13.8. The molecule has 2 saturated heterocycles. The Kier molecular flexibility index (Phi) is 13.2. The minimum Gasteiger partial charge on any atom is -0.456 e. The summed E-state index contributed by atoms with van der Waals surface area (Å²) in [4.78, 5) is 59.8. The first kappa shape index (κ1) is 36.3. The van der Waals surface area contributed by atoms with E-state index >= 15 is 0 Å². The smallest absolute Gasteiger partial charge is 0.329 e. The minimum atomic E-state index is -0.687. The van der Waals surface area contributed by atoms with Gasteiger partial charge < -0.3 is 19.9 Å². The zero-order valence-electron chi connectivity index (χ0n) is 28.9. The summed E-state index contributed by atoms with van der Waals surface area (Å²) in [5.41, 5.74) is 1.38. The molecule has 3 amide bonds. The average Bonchev–Trinajstić information content (AvgIpc) is 3.51. The molecule has 0 bridgehead atoms. The summed E-state index contributed by atoms with van der Waals surface area (Å²) in [7, 11) is 1.74. The summed E-state index contributed by atoms with van der Waals surface area (Å²) >= 11 is 0. The molecular weight excluding hydrogens is 568 g/mol. The number of hydrogen-bond acceptors (Lipinski definition) is 6. The highest BCUT2D eigenvalue weighted by Gasteiger charge is 2.38. The summed E-state index contributed by atoms with van der Waals surface area (Å²) in [6.45, 7) is 17.0. The van der Waals surface area contributed by atoms with Crippen molar-refractivity contribution in [2.24, 2.45) is 11.8 Å². The van der Waals surface area contributed by atoms with E-state index in [4.69, 9.17) is 4.74 Å². The fourth-order valence-electron chi connectivity index (χ4n) is 6.59. The van der Waals surface area contributed by atoms with Crippen molar-refractivity contribution in [3.05, 3.63) is 47.5 Å². The van der Waals surface area contributed by atoms with Gasteiger partial charge in [0.05, 0.1) is 12.1 Å². The molecule has 0 saturated carbocycles. The van der Waals surface area contributed by atoms with Crippen LogP contribution in [0.1, 0.15) is 99.2 Å². The topological polar surface area (TPSA) is 99.3 Å². The molecule has 0 aliphatic carbocycles. The molecule has 9 nitrogen and oxygen atoms in total. The molecular formula is C36H56N4O5. The Labute approximate surface area is 270 Å². The normalized spacial score (nSPS) is 21.5. The first-order valence-electron chi connectivity index (χ1n) is 16.8. The Morgan fingerprint density at radius 1 is 0.889 bits per heavy atom. The fourth-order valence-corrected chi connectivity index (χ4v) is 6.59. The lowest BCUT2D eigenvalue weighted by Crippen LogP contribution is -2.58. The van der Waals surface area contributed by atoms with Crippen LogP contribution in [0.3, 0.4) is 0 Å². The fraction of sp³-hybridized carbons (Fsp3) is 0.667. The minimum absolute atomic E-state index is 0.00560. The maximum absolute atomic E-state index is 13.9. The first-order valence-corrected chi connectivity index (χ1v) is 16.8. The van der Waals surface area contributed by atoms with Crippen LogP contribution in [0.5, 0.6) is 0 Å². The first-order chi connectivity index (χ1) is 21.2. The van der Waals surface area contributed by atoms with Crippen LogP contribution < -0.4 is 5.32 Å². The SMILES string of the molecule is C/C(=C\[C@H](C(C)C)N(C)C(=O)C(NC(=O)[C@H]1CCCCN1C(C)C)C(C)C)C(=O)N1CCC[C@H]1C(=O)O[C@@H](C)c1ccccc1. The summed E-state index contributed by atoms with van der Waals surface area (Å²) < 4.78 is 5.77. The zero-order chi connectivity index (χ0) is 33.4. The van der Waals surface area contributed by atoms with E-state index in [0.717, 1.165) is 37.8 Å². The van der Waals surface area contributed by atoms with Gasteiger partial charge in [0.1, 0.15) is 18.2 Å². The highest BCUT2D eigenvalue weighted by molar-refractivity contribution is 5.96. The molecule has 9 heteroatoms. The van der Waals surface area contributed by atoms with Crippen molar-refractivity contribution in [1.82, 2.24) is 20.0 Å². The lowest BCUT2D eigenvalue weighted by molar-refractivity contribution is -0.156. The number of rotatable bonds is 12. The average molecular weight is 625 g/mol. The van der Waals surface area contributed by atoms with Gasteiger partial charge in [-0.1, -0.05) is 70.5 Å². The van der Waals surface area contributed by atoms with Gasteiger partial charge in [-0.15, -0.1) is 0 Å². The van der Waals surface area contributed by atoms with Gasteiger partial charge in [-0.05, 0) is 77.3 Å². The van der Waals surface area contributed by atoms with Gasteiger partial charge in [0.2, 0.25) is 17.7 Å². The van der Waals surface area contributed by atoms with Crippen LogP contribution in [-0.2, 0) is 23.9 Å². The third kappa shape index (κ3) is 9.18. The monoisotopic (exact) mass is 624 g/mol. The van der Waals surface area contributed by atoms with E-state index < -0.39 is 24.2 Å². The molecule has 2 fully saturated rings. The molecule has 0 spiro atoms. The lowest BCUT2D eigenvalue weighted by Gasteiger charge is -2.39. The number of benzene rings is 1. The van der Waals surface area contributed by atoms with Crippen LogP contribution in [-0.4, -0.2) is 88.7 Å². The van der Waals surface area contributed by atoms with Crippen LogP contribution in [0.2, 0.25) is 0 Å². The van der Waals surface area contributed by atoms with E-state index in [1.54, 1.807) is 23.8 Å². The van der Waals surface area contributed by atoms with E-state index in [1.807, 2.05) is 71.0 Å². The van der Waals surface area contributed by atoms with Gasteiger partial charge in [0.15, 0.2) is 0 Å². The quantitative estimate of drug-likeness (QED) is 0.256. The molecule has 5 atom stereocenters.